The number of carbonyl (C=O) groups excluding carboxylic acids is 1. The molecule has 8 heteroatoms. The Labute approximate surface area is 111 Å². The molecule has 3 aromatic rings. The molecule has 0 bridgehead atoms. The fraction of sp³-hybridized carbons (Fsp3) is 0.182. The van der Waals surface area contributed by atoms with E-state index >= 15 is 0 Å². The van der Waals surface area contributed by atoms with Gasteiger partial charge in [-0.1, -0.05) is 0 Å². The number of aromatic nitrogens is 5. The van der Waals surface area contributed by atoms with Crippen LogP contribution in [0.3, 0.4) is 0 Å². The Bertz CT molecular complexity index is 722. The summed E-state index contributed by atoms with van der Waals surface area (Å²) in [5.41, 5.74) is 0.795. The second-order valence-corrected chi connectivity index (χ2v) is 4.55. The van der Waals surface area contributed by atoms with Crippen LogP contribution < -0.4 is 0 Å². The van der Waals surface area contributed by atoms with Crippen molar-refractivity contribution in [3.63, 3.8) is 0 Å². The Kier molecular flexibility index (Phi) is 2.92. The van der Waals surface area contributed by atoms with Crippen LogP contribution in [0.25, 0.3) is 16.5 Å². The number of nitrogens with zero attached hydrogens (tertiary/aromatic N) is 5. The molecule has 0 radical (unpaired) electrons. The van der Waals surface area contributed by atoms with Gasteiger partial charge in [0.25, 0.3) is 5.78 Å². The highest BCUT2D eigenvalue weighted by Crippen LogP contribution is 2.21. The van der Waals surface area contributed by atoms with Crippen LogP contribution in [0.2, 0.25) is 0 Å². The molecule has 0 spiro atoms. The fourth-order valence-electron chi connectivity index (χ4n) is 1.62. The summed E-state index contributed by atoms with van der Waals surface area (Å²) in [6.45, 7) is 0. The zero-order valence-electron chi connectivity index (χ0n) is 9.98. The van der Waals surface area contributed by atoms with Crippen LogP contribution in [-0.4, -0.2) is 37.6 Å². The standard InChI is InChI=1S/C11H9N5O2S/c1-18-9(17)6-8-14-11-13-3-2-7(16(11)15-8)10-12-4-5-19-10/h2-5H,6H2,1H3. The topological polar surface area (TPSA) is 82.3 Å². The maximum Gasteiger partial charge on any atom is 0.313 e. The quantitative estimate of drug-likeness (QED) is 0.662. The number of thiazole rings is 1. The Morgan fingerprint density at radius 3 is 3.05 bits per heavy atom. The Balaban J connectivity index is 2.08. The first-order chi connectivity index (χ1) is 9.28. The lowest BCUT2D eigenvalue weighted by molar-refractivity contribution is -0.139. The maximum absolute atomic E-state index is 11.2. The van der Waals surface area contributed by atoms with E-state index in [4.69, 9.17) is 0 Å². The van der Waals surface area contributed by atoms with Crippen molar-refractivity contribution in [3.05, 3.63) is 29.7 Å². The highest BCUT2D eigenvalue weighted by molar-refractivity contribution is 7.13. The summed E-state index contributed by atoms with van der Waals surface area (Å²) in [5, 5.41) is 6.97. The zero-order chi connectivity index (χ0) is 13.2. The van der Waals surface area contributed by atoms with Crippen molar-refractivity contribution in [2.24, 2.45) is 0 Å². The molecule has 0 fully saturated rings. The molecule has 0 aliphatic rings. The van der Waals surface area contributed by atoms with E-state index in [0.29, 0.717) is 11.6 Å². The molecular formula is C11H9N5O2S. The smallest absolute Gasteiger partial charge is 0.313 e. The van der Waals surface area contributed by atoms with Crippen LogP contribution in [0, 0.1) is 0 Å². The fourth-order valence-corrected chi connectivity index (χ4v) is 2.27. The number of fused-ring (bicyclic) bond motifs is 1. The zero-order valence-corrected chi connectivity index (χ0v) is 10.8. The SMILES string of the molecule is COC(=O)Cc1nc2nccc(-c3nccs3)n2n1. The van der Waals surface area contributed by atoms with Gasteiger partial charge in [-0.05, 0) is 6.07 Å². The summed E-state index contributed by atoms with van der Waals surface area (Å²) in [6.07, 6.45) is 3.39. The number of carbonyl (C=O) groups is 1. The van der Waals surface area contributed by atoms with E-state index in [2.05, 4.69) is 24.8 Å². The number of ether oxygens (including phenoxy) is 1. The molecule has 96 valence electrons. The highest BCUT2D eigenvalue weighted by Gasteiger charge is 2.13. The lowest BCUT2D eigenvalue weighted by atomic mass is 10.4. The summed E-state index contributed by atoms with van der Waals surface area (Å²) >= 11 is 1.50. The van der Waals surface area contributed by atoms with E-state index in [-0.39, 0.29) is 12.4 Å². The molecule has 0 N–H and O–H groups in total. The van der Waals surface area contributed by atoms with Crippen molar-refractivity contribution < 1.29 is 9.53 Å². The second kappa shape index (κ2) is 4.73. The largest absolute Gasteiger partial charge is 0.469 e. The number of hydrogen-bond acceptors (Lipinski definition) is 7. The van der Waals surface area contributed by atoms with E-state index in [1.165, 1.54) is 18.4 Å². The molecule has 7 nitrogen and oxygen atoms in total. The summed E-state index contributed by atoms with van der Waals surface area (Å²) < 4.78 is 6.17. The molecule has 3 aromatic heterocycles. The average molecular weight is 275 g/mol. The van der Waals surface area contributed by atoms with Gasteiger partial charge in [-0.2, -0.15) is 9.50 Å². The lowest BCUT2D eigenvalue weighted by Crippen LogP contribution is -2.06. The van der Waals surface area contributed by atoms with Gasteiger partial charge >= 0.3 is 5.97 Å². The van der Waals surface area contributed by atoms with Crippen LogP contribution in [-0.2, 0) is 16.0 Å². The molecule has 0 aromatic carbocycles. The van der Waals surface area contributed by atoms with Crippen molar-refractivity contribution in [3.8, 4) is 10.7 Å². The third kappa shape index (κ3) is 2.17. The third-order valence-corrected chi connectivity index (χ3v) is 3.26. The minimum atomic E-state index is -0.383. The van der Waals surface area contributed by atoms with Crippen molar-refractivity contribution in [2.75, 3.05) is 7.11 Å². The predicted octanol–water partition coefficient (Wildman–Crippen LogP) is 0.963. The van der Waals surface area contributed by atoms with E-state index < -0.39 is 0 Å². The predicted molar refractivity (Wildman–Crippen MR) is 67.6 cm³/mol. The minimum absolute atomic E-state index is 0.0250. The van der Waals surface area contributed by atoms with Gasteiger partial charge in [0.15, 0.2) is 5.82 Å². The molecule has 0 aliphatic heterocycles. The Hall–Kier alpha value is -2.35. The highest BCUT2D eigenvalue weighted by atomic mass is 32.1. The van der Waals surface area contributed by atoms with Crippen molar-refractivity contribution in [2.45, 2.75) is 6.42 Å². The van der Waals surface area contributed by atoms with Gasteiger partial charge in [0.2, 0.25) is 0 Å². The van der Waals surface area contributed by atoms with Gasteiger partial charge in [-0.25, -0.2) is 9.97 Å². The number of esters is 1. The molecule has 0 amide bonds. The summed E-state index contributed by atoms with van der Waals surface area (Å²) in [5.74, 6) is 0.432. The maximum atomic E-state index is 11.2. The summed E-state index contributed by atoms with van der Waals surface area (Å²) in [7, 11) is 1.33. The summed E-state index contributed by atoms with van der Waals surface area (Å²) in [6, 6.07) is 1.81. The molecule has 3 rings (SSSR count). The monoisotopic (exact) mass is 275 g/mol. The first kappa shape index (κ1) is 11.7. The van der Waals surface area contributed by atoms with Crippen LogP contribution in [0.4, 0.5) is 0 Å². The number of methoxy groups -OCH3 is 1. The first-order valence-corrected chi connectivity index (χ1v) is 6.33. The van der Waals surface area contributed by atoms with Crippen LogP contribution >= 0.6 is 11.3 Å². The van der Waals surface area contributed by atoms with E-state index in [0.717, 1.165) is 10.7 Å². The van der Waals surface area contributed by atoms with Crippen molar-refractivity contribution in [1.82, 2.24) is 24.6 Å². The van der Waals surface area contributed by atoms with E-state index in [9.17, 15) is 4.79 Å². The normalized spacial score (nSPS) is 10.8. The molecule has 19 heavy (non-hydrogen) atoms. The van der Waals surface area contributed by atoms with Crippen molar-refractivity contribution >= 4 is 23.1 Å². The second-order valence-electron chi connectivity index (χ2n) is 3.66. The van der Waals surface area contributed by atoms with Gasteiger partial charge in [0.05, 0.1) is 7.11 Å². The Morgan fingerprint density at radius 2 is 2.32 bits per heavy atom. The Morgan fingerprint density at radius 1 is 1.42 bits per heavy atom. The van der Waals surface area contributed by atoms with Crippen LogP contribution in [0.5, 0.6) is 0 Å². The van der Waals surface area contributed by atoms with E-state index in [1.807, 2.05) is 11.4 Å². The minimum Gasteiger partial charge on any atom is -0.469 e. The van der Waals surface area contributed by atoms with E-state index in [1.54, 1.807) is 16.9 Å². The molecule has 0 unspecified atom stereocenters. The summed E-state index contributed by atoms with van der Waals surface area (Å²) in [4.78, 5) is 23.8. The van der Waals surface area contributed by atoms with Gasteiger partial charge in [-0.15, -0.1) is 16.4 Å². The molecule has 0 atom stereocenters. The number of rotatable bonds is 3. The van der Waals surface area contributed by atoms with Gasteiger partial charge in [0.1, 0.15) is 17.1 Å². The molecule has 0 aliphatic carbocycles. The lowest BCUT2D eigenvalue weighted by Gasteiger charge is -1.98. The number of hydrogen-bond donors (Lipinski definition) is 0. The van der Waals surface area contributed by atoms with Crippen LogP contribution in [0.1, 0.15) is 5.82 Å². The third-order valence-electron chi connectivity index (χ3n) is 2.47. The van der Waals surface area contributed by atoms with Gasteiger partial charge < -0.3 is 4.74 Å². The molecular weight excluding hydrogens is 266 g/mol. The van der Waals surface area contributed by atoms with Crippen LogP contribution in [0.15, 0.2) is 23.8 Å². The molecule has 3 heterocycles. The van der Waals surface area contributed by atoms with Crippen molar-refractivity contribution in [1.29, 1.82) is 0 Å². The first-order valence-electron chi connectivity index (χ1n) is 5.45. The van der Waals surface area contributed by atoms with Gasteiger partial charge in [-0.3, -0.25) is 4.79 Å². The molecule has 0 saturated carbocycles. The average Bonchev–Trinajstić information content (AvgIpc) is 3.06. The van der Waals surface area contributed by atoms with Gasteiger partial charge in [0, 0.05) is 17.8 Å². The molecule has 0 saturated heterocycles.